The number of aromatic nitrogens is 1. The van der Waals surface area contributed by atoms with Crippen molar-refractivity contribution in [2.75, 3.05) is 24.5 Å². The van der Waals surface area contributed by atoms with Crippen molar-refractivity contribution in [3.63, 3.8) is 0 Å². The minimum absolute atomic E-state index is 0.138. The van der Waals surface area contributed by atoms with Crippen LogP contribution in [0.1, 0.15) is 39.2 Å². The number of rotatable bonds is 6. The van der Waals surface area contributed by atoms with Gasteiger partial charge < -0.3 is 15.5 Å². The Bertz CT molecular complexity index is 470. The van der Waals surface area contributed by atoms with Gasteiger partial charge in [-0.2, -0.15) is 0 Å². The lowest BCUT2D eigenvalue weighted by atomic mass is 9.92. The van der Waals surface area contributed by atoms with Gasteiger partial charge in [0.05, 0.1) is 0 Å². The zero-order valence-corrected chi connectivity index (χ0v) is 13.9. The number of hydrogen-bond acceptors (Lipinski definition) is 4. The topological polar surface area (TPSA) is 57.3 Å². The molecule has 0 aliphatic carbocycles. The van der Waals surface area contributed by atoms with E-state index in [1.165, 1.54) is 0 Å². The third kappa shape index (κ3) is 4.44. The molecular weight excluding hydrogens is 276 g/mol. The van der Waals surface area contributed by atoms with Crippen molar-refractivity contribution in [2.24, 2.45) is 5.92 Å². The lowest BCUT2D eigenvalue weighted by Gasteiger charge is -2.27. The maximum Gasteiger partial charge on any atom is 0.223 e. The first-order valence-corrected chi connectivity index (χ1v) is 8.35. The van der Waals surface area contributed by atoms with Crippen LogP contribution in [0.25, 0.3) is 0 Å². The maximum atomic E-state index is 12.2. The molecule has 5 nitrogen and oxygen atoms in total. The fourth-order valence-corrected chi connectivity index (χ4v) is 2.96. The van der Waals surface area contributed by atoms with Gasteiger partial charge in [0.2, 0.25) is 5.91 Å². The average Bonchev–Trinajstić information content (AvgIpc) is 2.55. The van der Waals surface area contributed by atoms with Crippen LogP contribution >= 0.6 is 0 Å². The highest BCUT2D eigenvalue weighted by atomic mass is 16.1. The van der Waals surface area contributed by atoms with Gasteiger partial charge in [-0.3, -0.25) is 4.79 Å². The molecule has 1 fully saturated rings. The molecule has 0 bridgehead atoms. The van der Waals surface area contributed by atoms with Crippen molar-refractivity contribution in [3.8, 4) is 0 Å². The predicted molar refractivity (Wildman–Crippen MR) is 89.8 cm³/mol. The quantitative estimate of drug-likeness (QED) is 0.843. The van der Waals surface area contributed by atoms with Gasteiger partial charge in [0.15, 0.2) is 0 Å². The van der Waals surface area contributed by atoms with Crippen molar-refractivity contribution >= 4 is 11.7 Å². The highest BCUT2D eigenvalue weighted by molar-refractivity contribution is 5.78. The van der Waals surface area contributed by atoms with Crippen LogP contribution in [0.4, 0.5) is 5.82 Å². The van der Waals surface area contributed by atoms with E-state index in [9.17, 15) is 4.79 Å². The van der Waals surface area contributed by atoms with E-state index in [1.807, 2.05) is 18.3 Å². The van der Waals surface area contributed by atoms with Crippen LogP contribution in [0.5, 0.6) is 0 Å². The smallest absolute Gasteiger partial charge is 0.223 e. The molecule has 5 heteroatoms. The van der Waals surface area contributed by atoms with Crippen LogP contribution in [0.15, 0.2) is 18.3 Å². The van der Waals surface area contributed by atoms with E-state index in [2.05, 4.69) is 41.3 Å². The molecule has 2 heterocycles. The Kier molecular flexibility index (Phi) is 6.19. The summed E-state index contributed by atoms with van der Waals surface area (Å²) in [5.41, 5.74) is 1.05. The summed E-state index contributed by atoms with van der Waals surface area (Å²) in [4.78, 5) is 18.9. The normalized spacial score (nSPS) is 21.4. The Morgan fingerprint density at radius 2 is 2.18 bits per heavy atom. The van der Waals surface area contributed by atoms with Crippen molar-refractivity contribution < 1.29 is 4.79 Å². The van der Waals surface area contributed by atoms with Gasteiger partial charge in [-0.25, -0.2) is 4.98 Å². The molecule has 0 saturated carbocycles. The van der Waals surface area contributed by atoms with E-state index in [0.717, 1.165) is 43.9 Å². The number of anilines is 1. The molecule has 122 valence electrons. The predicted octanol–water partition coefficient (Wildman–Crippen LogP) is 1.93. The number of amides is 1. The number of carbonyl (C=O) groups is 1. The SMILES string of the molecule is CCN(CC)c1ccc(CNC(=O)[C@H]2CCN[C@@H](C)C2)cn1. The molecule has 0 unspecified atom stereocenters. The second kappa shape index (κ2) is 8.13. The third-order valence-electron chi connectivity index (χ3n) is 4.36. The molecule has 2 atom stereocenters. The lowest BCUT2D eigenvalue weighted by Crippen LogP contribution is -2.42. The van der Waals surface area contributed by atoms with Crippen LogP contribution in [-0.2, 0) is 11.3 Å². The van der Waals surface area contributed by atoms with Gasteiger partial charge >= 0.3 is 0 Å². The molecule has 1 amide bonds. The minimum atomic E-state index is 0.138. The molecule has 2 N–H and O–H groups in total. The molecule has 0 aromatic carbocycles. The zero-order chi connectivity index (χ0) is 15.9. The Morgan fingerprint density at radius 3 is 2.77 bits per heavy atom. The van der Waals surface area contributed by atoms with Crippen LogP contribution in [0, 0.1) is 5.92 Å². The van der Waals surface area contributed by atoms with Crippen LogP contribution in [0.2, 0.25) is 0 Å². The summed E-state index contributed by atoms with van der Waals surface area (Å²) in [6, 6.07) is 4.51. The van der Waals surface area contributed by atoms with Crippen LogP contribution < -0.4 is 15.5 Å². The van der Waals surface area contributed by atoms with E-state index in [4.69, 9.17) is 0 Å². The molecule has 0 spiro atoms. The highest BCUT2D eigenvalue weighted by Crippen LogP contribution is 2.16. The summed E-state index contributed by atoms with van der Waals surface area (Å²) < 4.78 is 0. The fourth-order valence-electron chi connectivity index (χ4n) is 2.96. The Morgan fingerprint density at radius 1 is 1.41 bits per heavy atom. The third-order valence-corrected chi connectivity index (χ3v) is 4.36. The van der Waals surface area contributed by atoms with E-state index < -0.39 is 0 Å². The highest BCUT2D eigenvalue weighted by Gasteiger charge is 2.24. The zero-order valence-electron chi connectivity index (χ0n) is 13.9. The number of hydrogen-bond donors (Lipinski definition) is 2. The minimum Gasteiger partial charge on any atom is -0.357 e. The number of piperidine rings is 1. The van der Waals surface area contributed by atoms with Crippen LogP contribution in [-0.4, -0.2) is 36.6 Å². The maximum absolute atomic E-state index is 12.2. The summed E-state index contributed by atoms with van der Waals surface area (Å²) in [6.45, 7) is 9.77. The summed E-state index contributed by atoms with van der Waals surface area (Å²) in [5, 5.41) is 6.42. The Hall–Kier alpha value is -1.62. The van der Waals surface area contributed by atoms with E-state index >= 15 is 0 Å². The number of pyridine rings is 1. The van der Waals surface area contributed by atoms with E-state index in [1.54, 1.807) is 0 Å². The van der Waals surface area contributed by atoms with Gasteiger partial charge in [0.1, 0.15) is 5.82 Å². The summed E-state index contributed by atoms with van der Waals surface area (Å²) in [7, 11) is 0. The van der Waals surface area contributed by atoms with Gasteiger partial charge in [-0.05, 0) is 51.8 Å². The van der Waals surface area contributed by atoms with Crippen molar-refractivity contribution in [3.05, 3.63) is 23.9 Å². The number of nitrogens with one attached hydrogen (secondary N) is 2. The standard InChI is InChI=1S/C17H28N4O/c1-4-21(5-2)16-7-6-14(11-19-16)12-20-17(22)15-8-9-18-13(3)10-15/h6-7,11,13,15,18H,4-5,8-10,12H2,1-3H3,(H,20,22)/t13-,15-/m0/s1. The second-order valence-electron chi connectivity index (χ2n) is 5.99. The second-order valence-corrected chi connectivity index (χ2v) is 5.99. The van der Waals surface area contributed by atoms with Gasteiger partial charge in [-0.1, -0.05) is 6.07 Å². The first-order chi connectivity index (χ1) is 10.6. The lowest BCUT2D eigenvalue weighted by molar-refractivity contribution is -0.126. The molecular formula is C17H28N4O. The van der Waals surface area contributed by atoms with Crippen molar-refractivity contribution in [1.29, 1.82) is 0 Å². The number of nitrogens with zero attached hydrogens (tertiary/aromatic N) is 2. The van der Waals surface area contributed by atoms with E-state index in [-0.39, 0.29) is 11.8 Å². The van der Waals surface area contributed by atoms with Gasteiger partial charge in [0, 0.05) is 37.8 Å². The number of carbonyl (C=O) groups excluding carboxylic acids is 1. The first kappa shape index (κ1) is 16.7. The average molecular weight is 304 g/mol. The molecule has 1 saturated heterocycles. The molecule has 22 heavy (non-hydrogen) atoms. The molecule has 1 aromatic rings. The largest absolute Gasteiger partial charge is 0.357 e. The summed E-state index contributed by atoms with van der Waals surface area (Å²) in [5.74, 6) is 1.30. The molecule has 0 radical (unpaired) electrons. The monoisotopic (exact) mass is 304 g/mol. The summed E-state index contributed by atoms with van der Waals surface area (Å²) >= 11 is 0. The molecule has 2 rings (SSSR count). The van der Waals surface area contributed by atoms with Gasteiger partial charge in [0.25, 0.3) is 0 Å². The fraction of sp³-hybridized carbons (Fsp3) is 0.647. The van der Waals surface area contributed by atoms with E-state index in [0.29, 0.717) is 12.6 Å². The van der Waals surface area contributed by atoms with Crippen molar-refractivity contribution in [2.45, 2.75) is 46.2 Å². The van der Waals surface area contributed by atoms with Crippen molar-refractivity contribution in [1.82, 2.24) is 15.6 Å². The Labute approximate surface area is 133 Å². The molecule has 1 aliphatic rings. The summed E-state index contributed by atoms with van der Waals surface area (Å²) in [6.07, 6.45) is 3.71. The first-order valence-electron chi connectivity index (χ1n) is 8.35. The Balaban J connectivity index is 1.85. The van der Waals surface area contributed by atoms with Crippen LogP contribution in [0.3, 0.4) is 0 Å². The van der Waals surface area contributed by atoms with Gasteiger partial charge in [-0.15, -0.1) is 0 Å². The molecule has 1 aromatic heterocycles. The molecule has 1 aliphatic heterocycles.